The predicted octanol–water partition coefficient (Wildman–Crippen LogP) is 2.13. The highest BCUT2D eigenvalue weighted by atomic mass is 31.1. The highest BCUT2D eigenvalue weighted by Gasteiger charge is 2.21. The van der Waals surface area contributed by atoms with Crippen LogP contribution in [0.5, 0.6) is 0 Å². The van der Waals surface area contributed by atoms with Gasteiger partial charge in [0, 0.05) is 5.66 Å². The highest BCUT2D eigenvalue weighted by molar-refractivity contribution is 7.38. The molecular formula is C7H17O2P. The lowest BCUT2D eigenvalue weighted by Gasteiger charge is -2.20. The van der Waals surface area contributed by atoms with Crippen LogP contribution in [0.25, 0.3) is 0 Å². The second kappa shape index (κ2) is 4.15. The van der Waals surface area contributed by atoms with Gasteiger partial charge in [-0.05, 0) is 11.8 Å². The van der Waals surface area contributed by atoms with E-state index in [-0.39, 0.29) is 5.66 Å². The van der Waals surface area contributed by atoms with Gasteiger partial charge in [0.1, 0.15) is 0 Å². The van der Waals surface area contributed by atoms with E-state index in [2.05, 4.69) is 0 Å². The smallest absolute Gasteiger partial charge is 0.192 e. The van der Waals surface area contributed by atoms with Gasteiger partial charge in [-0.1, -0.05) is 27.7 Å². The molecule has 0 saturated carbocycles. The van der Waals surface area contributed by atoms with Crippen LogP contribution in [0.3, 0.4) is 0 Å². The van der Waals surface area contributed by atoms with Gasteiger partial charge in [-0.15, -0.1) is 0 Å². The third kappa shape index (κ3) is 2.85. The summed E-state index contributed by atoms with van der Waals surface area (Å²) in [5.41, 5.74) is -0.00926. The van der Waals surface area contributed by atoms with E-state index in [0.29, 0.717) is 11.8 Å². The quantitative estimate of drug-likeness (QED) is 0.649. The van der Waals surface area contributed by atoms with Gasteiger partial charge < -0.3 is 4.89 Å². The molecule has 0 aromatic carbocycles. The van der Waals surface area contributed by atoms with Crippen molar-refractivity contribution in [3.8, 4) is 0 Å². The summed E-state index contributed by atoms with van der Waals surface area (Å²) in [7, 11) is -2.32. The highest BCUT2D eigenvalue weighted by Crippen LogP contribution is 2.34. The molecule has 0 aromatic heterocycles. The maximum Gasteiger partial charge on any atom is 0.192 e. The molecule has 0 saturated heterocycles. The van der Waals surface area contributed by atoms with Crippen LogP contribution >= 0.6 is 8.03 Å². The van der Waals surface area contributed by atoms with Gasteiger partial charge in [-0.3, -0.25) is 4.57 Å². The molecule has 2 nitrogen and oxygen atoms in total. The molecule has 0 aromatic rings. The predicted molar refractivity (Wildman–Crippen MR) is 44.7 cm³/mol. The Morgan fingerprint density at radius 2 is 1.40 bits per heavy atom. The molecule has 0 heterocycles. The van der Waals surface area contributed by atoms with Crippen molar-refractivity contribution in [3.05, 3.63) is 0 Å². The van der Waals surface area contributed by atoms with Crippen LogP contribution < -0.4 is 0 Å². The topological polar surface area (TPSA) is 37.3 Å². The van der Waals surface area contributed by atoms with E-state index >= 15 is 0 Å². The lowest BCUT2D eigenvalue weighted by atomic mass is 10.0. The molecule has 0 aliphatic heterocycles. The van der Waals surface area contributed by atoms with Gasteiger partial charge >= 0.3 is 0 Å². The van der Waals surface area contributed by atoms with Crippen molar-refractivity contribution in [1.82, 2.24) is 0 Å². The minimum absolute atomic E-state index is 0.00926. The summed E-state index contributed by atoms with van der Waals surface area (Å²) in [5, 5.41) is 0. The van der Waals surface area contributed by atoms with Crippen LogP contribution in [-0.4, -0.2) is 10.6 Å². The molecule has 0 amide bonds. The first kappa shape index (κ1) is 10.2. The lowest BCUT2D eigenvalue weighted by molar-refractivity contribution is 0.413. The molecule has 1 unspecified atom stereocenters. The Morgan fingerprint density at radius 3 is 1.40 bits per heavy atom. The van der Waals surface area contributed by atoms with E-state index in [1.165, 1.54) is 0 Å². The Morgan fingerprint density at radius 1 is 1.10 bits per heavy atom. The Bertz CT molecular complexity index is 113. The molecule has 0 rings (SSSR count). The first-order valence-electron chi connectivity index (χ1n) is 3.69. The van der Waals surface area contributed by atoms with Crippen LogP contribution in [0, 0.1) is 11.8 Å². The summed E-state index contributed by atoms with van der Waals surface area (Å²) in [4.78, 5) is 8.90. The minimum atomic E-state index is -2.32. The monoisotopic (exact) mass is 164 g/mol. The van der Waals surface area contributed by atoms with E-state index in [0.717, 1.165) is 0 Å². The van der Waals surface area contributed by atoms with Gasteiger partial charge in [0.25, 0.3) is 0 Å². The first-order chi connectivity index (χ1) is 4.46. The van der Waals surface area contributed by atoms with Gasteiger partial charge in [-0.2, -0.15) is 0 Å². The van der Waals surface area contributed by atoms with Crippen molar-refractivity contribution in [3.63, 3.8) is 0 Å². The SMILES string of the molecule is CC(C)C(C(C)C)[PH](=O)O. The van der Waals surface area contributed by atoms with Crippen molar-refractivity contribution in [1.29, 1.82) is 0 Å². The summed E-state index contributed by atoms with van der Waals surface area (Å²) < 4.78 is 10.8. The maximum absolute atomic E-state index is 10.8. The van der Waals surface area contributed by atoms with Crippen LogP contribution in [0.2, 0.25) is 0 Å². The molecule has 62 valence electrons. The van der Waals surface area contributed by atoms with Crippen LogP contribution in [0.4, 0.5) is 0 Å². The average Bonchev–Trinajstić information content (AvgIpc) is 1.59. The van der Waals surface area contributed by atoms with Crippen LogP contribution in [-0.2, 0) is 4.57 Å². The molecule has 10 heavy (non-hydrogen) atoms. The molecule has 0 aliphatic carbocycles. The molecule has 0 spiro atoms. The Labute approximate surface area is 63.5 Å². The Balaban J connectivity index is 4.12. The zero-order valence-corrected chi connectivity index (χ0v) is 8.09. The standard InChI is InChI=1S/C7H17O2P/c1-5(2)7(6(3)4)10(8)9/h5-7,10H,1-4H3,(H,8,9). The zero-order valence-electron chi connectivity index (χ0n) is 7.09. The second-order valence-electron chi connectivity index (χ2n) is 3.35. The van der Waals surface area contributed by atoms with Crippen molar-refractivity contribution in [2.75, 3.05) is 0 Å². The van der Waals surface area contributed by atoms with Gasteiger partial charge in [0.15, 0.2) is 8.03 Å². The third-order valence-corrected chi connectivity index (χ3v) is 3.63. The lowest BCUT2D eigenvalue weighted by Crippen LogP contribution is -2.17. The van der Waals surface area contributed by atoms with E-state index in [1.54, 1.807) is 0 Å². The summed E-state index contributed by atoms with van der Waals surface area (Å²) in [6, 6.07) is 0. The Kier molecular flexibility index (Phi) is 4.23. The molecule has 0 bridgehead atoms. The van der Waals surface area contributed by atoms with Gasteiger partial charge in [0.05, 0.1) is 0 Å². The molecule has 1 N–H and O–H groups in total. The van der Waals surface area contributed by atoms with Crippen molar-refractivity contribution >= 4 is 8.03 Å². The summed E-state index contributed by atoms with van der Waals surface area (Å²) >= 11 is 0. The molecule has 1 atom stereocenters. The summed E-state index contributed by atoms with van der Waals surface area (Å²) in [6.07, 6.45) is 0. The van der Waals surface area contributed by atoms with Crippen LogP contribution in [0.15, 0.2) is 0 Å². The van der Waals surface area contributed by atoms with E-state index in [4.69, 9.17) is 4.89 Å². The molecular weight excluding hydrogens is 147 g/mol. The van der Waals surface area contributed by atoms with Gasteiger partial charge in [-0.25, -0.2) is 0 Å². The minimum Gasteiger partial charge on any atom is -0.346 e. The number of hydrogen-bond acceptors (Lipinski definition) is 1. The van der Waals surface area contributed by atoms with E-state index < -0.39 is 8.03 Å². The van der Waals surface area contributed by atoms with Crippen molar-refractivity contribution < 1.29 is 9.46 Å². The first-order valence-corrected chi connectivity index (χ1v) is 5.13. The zero-order chi connectivity index (χ0) is 8.31. The fourth-order valence-corrected chi connectivity index (χ4v) is 2.48. The largest absolute Gasteiger partial charge is 0.346 e. The number of hydrogen-bond donors (Lipinski definition) is 1. The van der Waals surface area contributed by atoms with E-state index in [9.17, 15) is 4.57 Å². The average molecular weight is 164 g/mol. The molecule has 0 fully saturated rings. The van der Waals surface area contributed by atoms with E-state index in [1.807, 2.05) is 27.7 Å². The summed E-state index contributed by atoms with van der Waals surface area (Å²) in [6.45, 7) is 7.96. The molecule has 0 radical (unpaired) electrons. The normalized spacial score (nSPS) is 15.2. The van der Waals surface area contributed by atoms with Crippen molar-refractivity contribution in [2.45, 2.75) is 33.4 Å². The molecule has 0 aliphatic rings. The number of rotatable bonds is 3. The van der Waals surface area contributed by atoms with Crippen molar-refractivity contribution in [2.24, 2.45) is 11.8 Å². The second-order valence-corrected chi connectivity index (χ2v) is 4.70. The fraction of sp³-hybridized carbons (Fsp3) is 1.00. The maximum atomic E-state index is 10.8. The molecule has 3 heteroatoms. The third-order valence-electron chi connectivity index (χ3n) is 1.72. The fourth-order valence-electron chi connectivity index (χ4n) is 1.34. The van der Waals surface area contributed by atoms with Gasteiger partial charge in [0.2, 0.25) is 0 Å². The Hall–Kier alpha value is 0.190. The van der Waals surface area contributed by atoms with Crippen LogP contribution in [0.1, 0.15) is 27.7 Å². The summed E-state index contributed by atoms with van der Waals surface area (Å²) in [5.74, 6) is 0.632.